The Morgan fingerprint density at radius 1 is 1.11 bits per heavy atom. The molecular formula is C19H19F2NO4S. The van der Waals surface area contributed by atoms with Gasteiger partial charge in [-0.3, -0.25) is 5.32 Å². The van der Waals surface area contributed by atoms with E-state index >= 15 is 0 Å². The van der Waals surface area contributed by atoms with Crippen molar-refractivity contribution in [2.75, 3.05) is 6.54 Å². The lowest BCUT2D eigenvalue weighted by atomic mass is 9.61. The number of hydrogen-bond acceptors (Lipinski definition) is 5. The summed E-state index contributed by atoms with van der Waals surface area (Å²) in [7, 11) is -3.89. The highest BCUT2D eigenvalue weighted by Gasteiger charge is 2.58. The molecule has 0 amide bonds. The molecule has 0 aromatic heterocycles. The highest BCUT2D eigenvalue weighted by atomic mass is 32.2. The van der Waals surface area contributed by atoms with Crippen LogP contribution in [0.4, 0.5) is 8.78 Å². The summed E-state index contributed by atoms with van der Waals surface area (Å²) in [5.74, 6) is -1.33. The van der Waals surface area contributed by atoms with Crippen LogP contribution in [0, 0.1) is 24.0 Å². The van der Waals surface area contributed by atoms with E-state index in [0.717, 1.165) is 23.8 Å². The van der Waals surface area contributed by atoms with Crippen LogP contribution >= 0.6 is 0 Å². The molecule has 4 rings (SSSR count). The third kappa shape index (κ3) is 3.44. The van der Waals surface area contributed by atoms with Crippen molar-refractivity contribution in [2.45, 2.75) is 37.0 Å². The molecule has 1 heterocycles. The lowest BCUT2D eigenvalue weighted by Gasteiger charge is -2.57. The standard InChI is InChI=1S/C19H19F2NO4S/c1-12-2-5-15(6-3-12)27(23,24)26-18-19(11-22-18)9-14(10-19)25-17-8-13(20)4-7-16(17)21/h2-8,14,18,22H,9-11H2,1H3. The van der Waals surface area contributed by atoms with E-state index in [1.54, 1.807) is 12.1 Å². The van der Waals surface area contributed by atoms with Gasteiger partial charge in [-0.25, -0.2) is 13.0 Å². The van der Waals surface area contributed by atoms with Gasteiger partial charge in [0.2, 0.25) is 0 Å². The van der Waals surface area contributed by atoms with Gasteiger partial charge in [0, 0.05) is 18.0 Å². The zero-order valence-corrected chi connectivity index (χ0v) is 15.4. The molecule has 8 heteroatoms. The summed E-state index contributed by atoms with van der Waals surface area (Å²) in [5, 5.41) is 2.99. The summed E-state index contributed by atoms with van der Waals surface area (Å²) in [6.45, 7) is 2.46. The first kappa shape index (κ1) is 18.3. The lowest BCUT2D eigenvalue weighted by molar-refractivity contribution is -0.152. The number of nitrogens with one attached hydrogen (secondary N) is 1. The van der Waals surface area contributed by atoms with E-state index < -0.39 is 28.0 Å². The second kappa shape index (κ2) is 6.54. The maximum Gasteiger partial charge on any atom is 0.298 e. The minimum Gasteiger partial charge on any atom is -0.487 e. The molecule has 1 spiro atoms. The van der Waals surface area contributed by atoms with Crippen LogP contribution in [-0.2, 0) is 14.3 Å². The molecule has 2 fully saturated rings. The van der Waals surface area contributed by atoms with E-state index in [2.05, 4.69) is 5.32 Å². The fourth-order valence-corrected chi connectivity index (χ4v) is 4.64. The van der Waals surface area contributed by atoms with E-state index in [9.17, 15) is 17.2 Å². The van der Waals surface area contributed by atoms with Crippen LogP contribution in [0.2, 0.25) is 0 Å². The van der Waals surface area contributed by atoms with Crippen molar-refractivity contribution >= 4 is 10.1 Å². The van der Waals surface area contributed by atoms with Gasteiger partial charge in [-0.1, -0.05) is 17.7 Å². The summed E-state index contributed by atoms with van der Waals surface area (Å²) in [6, 6.07) is 9.49. The second-order valence-corrected chi connectivity index (χ2v) is 8.78. The van der Waals surface area contributed by atoms with Gasteiger partial charge in [0.1, 0.15) is 18.1 Å². The van der Waals surface area contributed by atoms with Gasteiger partial charge in [0.15, 0.2) is 11.6 Å². The van der Waals surface area contributed by atoms with Crippen LogP contribution in [-0.4, -0.2) is 27.3 Å². The van der Waals surface area contributed by atoms with E-state index in [1.807, 2.05) is 6.92 Å². The first-order valence-corrected chi connectivity index (χ1v) is 10.0. The number of halogens is 2. The van der Waals surface area contributed by atoms with Crippen molar-refractivity contribution in [1.29, 1.82) is 0 Å². The van der Waals surface area contributed by atoms with Crippen molar-refractivity contribution in [1.82, 2.24) is 5.32 Å². The van der Waals surface area contributed by atoms with Gasteiger partial charge in [0.25, 0.3) is 10.1 Å². The average Bonchev–Trinajstić information content (AvgIpc) is 2.58. The van der Waals surface area contributed by atoms with Crippen LogP contribution in [0.1, 0.15) is 18.4 Å². The quantitative estimate of drug-likeness (QED) is 0.788. The number of aryl methyl sites for hydroxylation is 1. The second-order valence-electron chi connectivity index (χ2n) is 7.21. The average molecular weight is 395 g/mol. The Morgan fingerprint density at radius 3 is 2.44 bits per heavy atom. The smallest absolute Gasteiger partial charge is 0.298 e. The molecule has 1 atom stereocenters. The number of hydrogen-bond donors (Lipinski definition) is 1. The van der Waals surface area contributed by atoms with Crippen LogP contribution in [0.5, 0.6) is 5.75 Å². The fraction of sp³-hybridized carbons (Fsp3) is 0.368. The largest absolute Gasteiger partial charge is 0.487 e. The van der Waals surface area contributed by atoms with Gasteiger partial charge in [-0.15, -0.1) is 0 Å². The first-order valence-electron chi connectivity index (χ1n) is 8.63. The molecule has 2 aliphatic rings. The zero-order valence-electron chi connectivity index (χ0n) is 14.6. The van der Waals surface area contributed by atoms with E-state index in [-0.39, 0.29) is 22.2 Å². The van der Waals surface area contributed by atoms with Gasteiger partial charge < -0.3 is 4.74 Å². The molecule has 1 aliphatic heterocycles. The van der Waals surface area contributed by atoms with Crippen molar-refractivity contribution in [2.24, 2.45) is 5.41 Å². The molecular weight excluding hydrogens is 376 g/mol. The Hall–Kier alpha value is -2.03. The zero-order chi connectivity index (χ0) is 19.2. The highest BCUT2D eigenvalue weighted by molar-refractivity contribution is 7.86. The number of rotatable bonds is 5. The number of benzene rings is 2. The fourth-order valence-electron chi connectivity index (χ4n) is 3.53. The third-order valence-corrected chi connectivity index (χ3v) is 6.48. The summed E-state index contributed by atoms with van der Waals surface area (Å²) >= 11 is 0. The van der Waals surface area contributed by atoms with Crippen molar-refractivity contribution < 1.29 is 26.1 Å². The monoisotopic (exact) mass is 395 g/mol. The van der Waals surface area contributed by atoms with Gasteiger partial charge in [-0.2, -0.15) is 8.42 Å². The molecule has 27 heavy (non-hydrogen) atoms. The topological polar surface area (TPSA) is 64.6 Å². The van der Waals surface area contributed by atoms with Gasteiger partial charge >= 0.3 is 0 Å². The summed E-state index contributed by atoms with van der Waals surface area (Å²) in [4.78, 5) is 0.103. The Morgan fingerprint density at radius 2 is 1.81 bits per heavy atom. The minimum atomic E-state index is -3.89. The summed E-state index contributed by atoms with van der Waals surface area (Å²) in [6.07, 6.45) is 0.0474. The number of ether oxygens (including phenoxy) is 1. The van der Waals surface area contributed by atoms with Gasteiger partial charge in [0.05, 0.1) is 4.90 Å². The molecule has 1 aliphatic carbocycles. The molecule has 0 radical (unpaired) electrons. The van der Waals surface area contributed by atoms with Gasteiger partial charge in [-0.05, 0) is 44.0 Å². The normalized spacial score (nSPS) is 27.1. The van der Waals surface area contributed by atoms with Crippen LogP contribution in [0.25, 0.3) is 0 Å². The SMILES string of the molecule is Cc1ccc(S(=O)(=O)OC2NCC23CC(Oc2cc(F)ccc2F)C3)cc1. The minimum absolute atomic E-state index is 0.103. The molecule has 2 aromatic carbocycles. The molecule has 1 N–H and O–H groups in total. The summed E-state index contributed by atoms with van der Waals surface area (Å²) in [5.41, 5.74) is 0.586. The maximum absolute atomic E-state index is 13.7. The van der Waals surface area contributed by atoms with E-state index in [0.29, 0.717) is 19.4 Å². The molecule has 1 saturated heterocycles. The summed E-state index contributed by atoms with van der Waals surface area (Å²) < 4.78 is 62.7. The van der Waals surface area contributed by atoms with E-state index in [1.165, 1.54) is 12.1 Å². The van der Waals surface area contributed by atoms with E-state index in [4.69, 9.17) is 8.92 Å². The Balaban J connectivity index is 1.39. The Bertz CT molecular complexity index is 956. The predicted octanol–water partition coefficient (Wildman–Crippen LogP) is 3.14. The highest BCUT2D eigenvalue weighted by Crippen LogP contribution is 2.51. The Kier molecular flexibility index (Phi) is 4.44. The molecule has 5 nitrogen and oxygen atoms in total. The lowest BCUT2D eigenvalue weighted by Crippen LogP contribution is -2.70. The Labute approximate surface area is 156 Å². The molecule has 1 saturated carbocycles. The predicted molar refractivity (Wildman–Crippen MR) is 93.7 cm³/mol. The van der Waals surface area contributed by atoms with Crippen LogP contribution in [0.15, 0.2) is 47.4 Å². The molecule has 0 bridgehead atoms. The van der Waals surface area contributed by atoms with Crippen molar-refractivity contribution in [3.63, 3.8) is 0 Å². The molecule has 144 valence electrons. The van der Waals surface area contributed by atoms with Crippen LogP contribution < -0.4 is 10.1 Å². The van der Waals surface area contributed by atoms with Crippen molar-refractivity contribution in [3.8, 4) is 5.75 Å². The van der Waals surface area contributed by atoms with Crippen LogP contribution in [0.3, 0.4) is 0 Å². The first-order chi connectivity index (χ1) is 12.8. The molecule has 1 unspecified atom stereocenters. The maximum atomic E-state index is 13.7. The third-order valence-electron chi connectivity index (χ3n) is 5.18. The van der Waals surface area contributed by atoms with Crippen molar-refractivity contribution in [3.05, 3.63) is 59.7 Å². The molecule has 2 aromatic rings.